The van der Waals surface area contributed by atoms with Gasteiger partial charge >= 0.3 is 0 Å². The normalized spacial score (nSPS) is 16.1. The summed E-state index contributed by atoms with van der Waals surface area (Å²) in [6.07, 6.45) is 5.31. The standard InChI is InChI=1S/C14H20N4O2/c1-19-12-7-6-11-13(17-12)18(14(15)16-11)8-9-20-10-4-2-3-5-10/h6-7,10H,2-5,8-9H2,1H3,(H2,15,16). The maximum absolute atomic E-state index is 5.95. The third kappa shape index (κ3) is 2.56. The van der Waals surface area contributed by atoms with E-state index in [1.165, 1.54) is 25.7 Å². The minimum atomic E-state index is 0.411. The van der Waals surface area contributed by atoms with Crippen molar-refractivity contribution in [1.29, 1.82) is 0 Å². The average molecular weight is 276 g/mol. The fourth-order valence-corrected chi connectivity index (χ4v) is 2.70. The van der Waals surface area contributed by atoms with Gasteiger partial charge in [-0.1, -0.05) is 12.8 Å². The molecule has 0 aromatic carbocycles. The first-order chi connectivity index (χ1) is 9.78. The zero-order chi connectivity index (χ0) is 13.9. The Kier molecular flexibility index (Phi) is 3.73. The molecule has 1 fully saturated rings. The zero-order valence-electron chi connectivity index (χ0n) is 11.7. The fraction of sp³-hybridized carbons (Fsp3) is 0.571. The van der Waals surface area contributed by atoms with Crippen molar-refractivity contribution in [1.82, 2.24) is 14.5 Å². The molecule has 0 radical (unpaired) electrons. The summed E-state index contributed by atoms with van der Waals surface area (Å²) in [4.78, 5) is 8.71. The predicted molar refractivity (Wildman–Crippen MR) is 76.7 cm³/mol. The van der Waals surface area contributed by atoms with Crippen molar-refractivity contribution in [2.24, 2.45) is 0 Å². The lowest BCUT2D eigenvalue weighted by molar-refractivity contribution is 0.0536. The van der Waals surface area contributed by atoms with Crippen LogP contribution >= 0.6 is 0 Å². The number of ether oxygens (including phenoxy) is 2. The van der Waals surface area contributed by atoms with Crippen LogP contribution < -0.4 is 10.5 Å². The van der Waals surface area contributed by atoms with Crippen LogP contribution in [0.5, 0.6) is 5.88 Å². The summed E-state index contributed by atoms with van der Waals surface area (Å²) in [6, 6.07) is 3.65. The van der Waals surface area contributed by atoms with Crippen LogP contribution in [0.2, 0.25) is 0 Å². The molecule has 2 N–H and O–H groups in total. The molecule has 0 bridgehead atoms. The highest BCUT2D eigenvalue weighted by atomic mass is 16.5. The number of nitrogens with zero attached hydrogens (tertiary/aromatic N) is 3. The molecule has 20 heavy (non-hydrogen) atoms. The first-order valence-electron chi connectivity index (χ1n) is 7.06. The maximum Gasteiger partial charge on any atom is 0.215 e. The number of nitrogen functional groups attached to an aromatic ring is 1. The molecule has 0 amide bonds. The van der Waals surface area contributed by atoms with Gasteiger partial charge in [-0.25, -0.2) is 4.98 Å². The van der Waals surface area contributed by atoms with Crippen LogP contribution in [0.1, 0.15) is 25.7 Å². The Morgan fingerprint density at radius 2 is 2.10 bits per heavy atom. The van der Waals surface area contributed by atoms with Gasteiger partial charge in [-0.3, -0.25) is 4.57 Å². The number of methoxy groups -OCH3 is 1. The van der Waals surface area contributed by atoms with Crippen LogP contribution in [0.3, 0.4) is 0 Å². The Morgan fingerprint density at radius 3 is 2.85 bits per heavy atom. The second-order valence-corrected chi connectivity index (χ2v) is 5.10. The largest absolute Gasteiger partial charge is 0.481 e. The number of nitrogens with two attached hydrogens (primary N) is 1. The Bertz CT molecular complexity index is 590. The number of hydrogen-bond donors (Lipinski definition) is 1. The molecule has 0 atom stereocenters. The minimum Gasteiger partial charge on any atom is -0.481 e. The van der Waals surface area contributed by atoms with Crippen molar-refractivity contribution < 1.29 is 9.47 Å². The topological polar surface area (TPSA) is 75.2 Å². The zero-order valence-corrected chi connectivity index (χ0v) is 11.7. The average Bonchev–Trinajstić information content (AvgIpc) is 3.07. The van der Waals surface area contributed by atoms with E-state index in [9.17, 15) is 0 Å². The van der Waals surface area contributed by atoms with Crippen LogP contribution in [0.25, 0.3) is 11.2 Å². The van der Waals surface area contributed by atoms with Crippen LogP contribution in [0.4, 0.5) is 5.95 Å². The summed E-state index contributed by atoms with van der Waals surface area (Å²) < 4.78 is 12.9. The Morgan fingerprint density at radius 1 is 1.30 bits per heavy atom. The van der Waals surface area contributed by atoms with Gasteiger partial charge in [0.2, 0.25) is 11.8 Å². The molecule has 0 unspecified atom stereocenters. The smallest absolute Gasteiger partial charge is 0.215 e. The summed E-state index contributed by atoms with van der Waals surface area (Å²) in [7, 11) is 1.60. The van der Waals surface area contributed by atoms with Crippen molar-refractivity contribution in [3.05, 3.63) is 12.1 Å². The number of fused-ring (bicyclic) bond motifs is 1. The number of imidazole rings is 1. The molecule has 108 valence electrons. The first kappa shape index (κ1) is 13.2. The van der Waals surface area contributed by atoms with E-state index >= 15 is 0 Å². The van der Waals surface area contributed by atoms with Crippen molar-refractivity contribution in [3.8, 4) is 5.88 Å². The van der Waals surface area contributed by atoms with E-state index in [0.29, 0.717) is 31.1 Å². The predicted octanol–water partition coefficient (Wildman–Crippen LogP) is 1.98. The maximum atomic E-state index is 5.95. The van der Waals surface area contributed by atoms with Gasteiger partial charge in [-0.05, 0) is 18.9 Å². The lowest BCUT2D eigenvalue weighted by Crippen LogP contribution is -2.14. The number of pyridine rings is 1. The summed E-state index contributed by atoms with van der Waals surface area (Å²) in [5.74, 6) is 1.03. The summed E-state index contributed by atoms with van der Waals surface area (Å²) in [5.41, 5.74) is 7.48. The van der Waals surface area contributed by atoms with Gasteiger partial charge in [0.05, 0.1) is 26.4 Å². The quantitative estimate of drug-likeness (QED) is 0.903. The van der Waals surface area contributed by atoms with Gasteiger partial charge in [0.1, 0.15) is 5.52 Å². The third-order valence-corrected chi connectivity index (χ3v) is 3.78. The van der Waals surface area contributed by atoms with Crippen LogP contribution in [0, 0.1) is 0 Å². The van der Waals surface area contributed by atoms with Crippen LogP contribution in [0.15, 0.2) is 12.1 Å². The molecule has 6 nitrogen and oxygen atoms in total. The highest BCUT2D eigenvalue weighted by molar-refractivity contribution is 5.74. The van der Waals surface area contributed by atoms with E-state index in [4.69, 9.17) is 15.2 Å². The van der Waals surface area contributed by atoms with Gasteiger partial charge in [0, 0.05) is 6.07 Å². The van der Waals surface area contributed by atoms with Gasteiger partial charge in [0.25, 0.3) is 0 Å². The van der Waals surface area contributed by atoms with Gasteiger partial charge in [0.15, 0.2) is 5.65 Å². The highest BCUT2D eigenvalue weighted by Gasteiger charge is 2.16. The SMILES string of the molecule is COc1ccc2nc(N)n(CCOC3CCCC3)c2n1. The lowest BCUT2D eigenvalue weighted by atomic mass is 10.3. The number of anilines is 1. The Labute approximate surface area is 117 Å². The molecule has 2 aromatic rings. The van der Waals surface area contributed by atoms with E-state index in [1.54, 1.807) is 13.2 Å². The number of hydrogen-bond acceptors (Lipinski definition) is 5. The Balaban J connectivity index is 1.73. The van der Waals surface area contributed by atoms with Gasteiger partial charge < -0.3 is 15.2 Å². The molecule has 6 heteroatoms. The van der Waals surface area contributed by atoms with Crippen molar-refractivity contribution in [2.45, 2.75) is 38.3 Å². The summed E-state index contributed by atoms with van der Waals surface area (Å²) >= 11 is 0. The molecular weight excluding hydrogens is 256 g/mol. The summed E-state index contributed by atoms with van der Waals surface area (Å²) in [6.45, 7) is 1.30. The Hall–Kier alpha value is -1.82. The lowest BCUT2D eigenvalue weighted by Gasteiger charge is -2.12. The second kappa shape index (κ2) is 5.66. The minimum absolute atomic E-state index is 0.411. The molecule has 1 aliphatic carbocycles. The van der Waals surface area contributed by atoms with Crippen molar-refractivity contribution >= 4 is 17.1 Å². The summed E-state index contributed by atoms with van der Waals surface area (Å²) in [5, 5.41) is 0. The molecule has 0 aliphatic heterocycles. The monoisotopic (exact) mass is 276 g/mol. The third-order valence-electron chi connectivity index (χ3n) is 3.78. The molecule has 2 heterocycles. The van der Waals surface area contributed by atoms with Crippen LogP contribution in [-0.4, -0.2) is 34.4 Å². The molecule has 3 rings (SSSR count). The number of rotatable bonds is 5. The molecule has 1 aliphatic rings. The van der Waals surface area contributed by atoms with Gasteiger partial charge in [-0.15, -0.1) is 0 Å². The molecule has 0 spiro atoms. The molecule has 0 saturated heterocycles. The van der Waals surface area contributed by atoms with Crippen molar-refractivity contribution in [3.63, 3.8) is 0 Å². The second-order valence-electron chi connectivity index (χ2n) is 5.10. The van der Waals surface area contributed by atoms with E-state index in [-0.39, 0.29) is 0 Å². The highest BCUT2D eigenvalue weighted by Crippen LogP contribution is 2.22. The van der Waals surface area contributed by atoms with Gasteiger partial charge in [-0.2, -0.15) is 4.98 Å². The molecule has 1 saturated carbocycles. The number of aromatic nitrogens is 3. The van der Waals surface area contributed by atoms with E-state index < -0.39 is 0 Å². The molecule has 2 aromatic heterocycles. The molecular formula is C14H20N4O2. The van der Waals surface area contributed by atoms with E-state index in [0.717, 1.165) is 11.2 Å². The first-order valence-corrected chi connectivity index (χ1v) is 7.06. The fourth-order valence-electron chi connectivity index (χ4n) is 2.70. The van der Waals surface area contributed by atoms with E-state index in [2.05, 4.69) is 9.97 Å². The van der Waals surface area contributed by atoms with Crippen molar-refractivity contribution in [2.75, 3.05) is 19.5 Å². The van der Waals surface area contributed by atoms with E-state index in [1.807, 2.05) is 10.6 Å². The van der Waals surface area contributed by atoms with Crippen LogP contribution in [-0.2, 0) is 11.3 Å².